The van der Waals surface area contributed by atoms with Gasteiger partial charge in [0.25, 0.3) is 5.91 Å². The van der Waals surface area contributed by atoms with Crippen molar-refractivity contribution < 1.29 is 9.53 Å². The topological polar surface area (TPSA) is 41.6 Å². The van der Waals surface area contributed by atoms with Crippen LogP contribution in [0.4, 0.5) is 5.69 Å². The van der Waals surface area contributed by atoms with Gasteiger partial charge in [-0.25, -0.2) is 0 Å². The van der Waals surface area contributed by atoms with Gasteiger partial charge in [-0.15, -0.1) is 0 Å². The second kappa shape index (κ2) is 5.87. The van der Waals surface area contributed by atoms with Gasteiger partial charge in [0.1, 0.15) is 0 Å². The first kappa shape index (κ1) is 12.9. The number of rotatable bonds is 4. The molecule has 2 rings (SSSR count). The molecule has 1 saturated heterocycles. The third-order valence-electron chi connectivity index (χ3n) is 3.13. The van der Waals surface area contributed by atoms with Crippen LogP contribution in [0, 0.1) is 5.92 Å². The maximum Gasteiger partial charge on any atom is 0.253 e. The second-order valence-corrected chi connectivity index (χ2v) is 4.89. The van der Waals surface area contributed by atoms with E-state index in [4.69, 9.17) is 4.74 Å². The molecule has 4 nitrogen and oxygen atoms in total. The highest BCUT2D eigenvalue weighted by atomic mass is 16.5. The second-order valence-electron chi connectivity index (χ2n) is 4.89. The molecule has 1 N–H and O–H groups in total. The molecule has 1 heterocycles. The summed E-state index contributed by atoms with van der Waals surface area (Å²) >= 11 is 0. The van der Waals surface area contributed by atoms with Gasteiger partial charge in [0, 0.05) is 44.4 Å². The van der Waals surface area contributed by atoms with Crippen LogP contribution >= 0.6 is 0 Å². The van der Waals surface area contributed by atoms with E-state index in [-0.39, 0.29) is 5.91 Å². The average Bonchev–Trinajstić information content (AvgIpc) is 2.89. The molecule has 4 heteroatoms. The lowest BCUT2D eigenvalue weighted by Crippen LogP contribution is -2.21. The zero-order valence-electron chi connectivity index (χ0n) is 11.0. The molecule has 98 valence electrons. The zero-order valence-corrected chi connectivity index (χ0v) is 11.0. The highest BCUT2D eigenvalue weighted by molar-refractivity contribution is 5.94. The van der Waals surface area contributed by atoms with E-state index < -0.39 is 0 Å². The summed E-state index contributed by atoms with van der Waals surface area (Å²) in [6.45, 7) is 2.61. The van der Waals surface area contributed by atoms with E-state index in [0.29, 0.717) is 11.5 Å². The Morgan fingerprint density at radius 2 is 2.33 bits per heavy atom. The summed E-state index contributed by atoms with van der Waals surface area (Å²) < 4.78 is 5.34. The Morgan fingerprint density at radius 1 is 1.50 bits per heavy atom. The highest BCUT2D eigenvalue weighted by Gasteiger charge is 2.15. The van der Waals surface area contributed by atoms with E-state index in [2.05, 4.69) is 5.32 Å². The summed E-state index contributed by atoms with van der Waals surface area (Å²) in [6.07, 6.45) is 1.11. The number of nitrogens with one attached hydrogen (secondary N) is 1. The molecule has 1 aromatic carbocycles. The van der Waals surface area contributed by atoms with Gasteiger partial charge in [0.15, 0.2) is 0 Å². The molecule has 0 radical (unpaired) electrons. The molecular formula is C14H20N2O2. The van der Waals surface area contributed by atoms with Gasteiger partial charge in [0.05, 0.1) is 6.61 Å². The van der Waals surface area contributed by atoms with Gasteiger partial charge in [-0.2, -0.15) is 0 Å². The van der Waals surface area contributed by atoms with Crippen molar-refractivity contribution in [2.45, 2.75) is 6.42 Å². The molecule has 0 aromatic heterocycles. The van der Waals surface area contributed by atoms with Crippen LogP contribution in [0.15, 0.2) is 24.3 Å². The summed E-state index contributed by atoms with van der Waals surface area (Å²) in [5.41, 5.74) is 1.71. The molecule has 1 amide bonds. The number of amides is 1. The summed E-state index contributed by atoms with van der Waals surface area (Å²) in [4.78, 5) is 13.4. The Bertz CT molecular complexity index is 412. The Morgan fingerprint density at radius 3 is 3.00 bits per heavy atom. The average molecular weight is 248 g/mol. The SMILES string of the molecule is CN(C)C(=O)c1cccc(NCC2CCOC2)c1. The molecule has 1 aromatic rings. The molecule has 0 saturated carbocycles. The third kappa shape index (κ3) is 3.23. The maximum absolute atomic E-state index is 11.8. The highest BCUT2D eigenvalue weighted by Crippen LogP contribution is 2.16. The number of hydrogen-bond acceptors (Lipinski definition) is 3. The molecule has 1 fully saturated rings. The minimum absolute atomic E-state index is 0.0304. The minimum atomic E-state index is 0.0304. The molecule has 1 atom stereocenters. The van der Waals surface area contributed by atoms with Gasteiger partial charge >= 0.3 is 0 Å². The van der Waals surface area contributed by atoms with E-state index in [0.717, 1.165) is 31.9 Å². The van der Waals surface area contributed by atoms with Crippen molar-refractivity contribution in [1.29, 1.82) is 0 Å². The third-order valence-corrected chi connectivity index (χ3v) is 3.13. The van der Waals surface area contributed by atoms with E-state index in [1.807, 2.05) is 24.3 Å². The van der Waals surface area contributed by atoms with E-state index in [9.17, 15) is 4.79 Å². The molecule has 1 unspecified atom stereocenters. The number of carbonyl (C=O) groups is 1. The Balaban J connectivity index is 1.96. The van der Waals surface area contributed by atoms with Crippen molar-refractivity contribution in [3.05, 3.63) is 29.8 Å². The van der Waals surface area contributed by atoms with Crippen molar-refractivity contribution in [3.63, 3.8) is 0 Å². The predicted octanol–water partition coefficient (Wildman–Crippen LogP) is 1.84. The quantitative estimate of drug-likeness (QED) is 0.884. The van der Waals surface area contributed by atoms with Crippen LogP contribution in [0.1, 0.15) is 16.8 Å². The van der Waals surface area contributed by atoms with E-state index in [1.54, 1.807) is 19.0 Å². The van der Waals surface area contributed by atoms with Crippen LogP contribution in [0.3, 0.4) is 0 Å². The van der Waals surface area contributed by atoms with Gasteiger partial charge in [-0.3, -0.25) is 4.79 Å². The molecule has 0 bridgehead atoms. The van der Waals surface area contributed by atoms with Crippen LogP contribution in [0.25, 0.3) is 0 Å². The molecule has 1 aliphatic heterocycles. The Labute approximate surface area is 108 Å². The van der Waals surface area contributed by atoms with Gasteiger partial charge in [0.2, 0.25) is 0 Å². The van der Waals surface area contributed by atoms with Crippen LogP contribution in [-0.2, 0) is 4.74 Å². The van der Waals surface area contributed by atoms with E-state index >= 15 is 0 Å². The van der Waals surface area contributed by atoms with Crippen LogP contribution in [0.2, 0.25) is 0 Å². The number of ether oxygens (including phenoxy) is 1. The fourth-order valence-electron chi connectivity index (χ4n) is 2.03. The fourth-order valence-corrected chi connectivity index (χ4v) is 2.03. The van der Waals surface area contributed by atoms with Gasteiger partial charge in [-0.05, 0) is 24.6 Å². The first-order chi connectivity index (χ1) is 8.66. The standard InChI is InChI=1S/C14H20N2O2/c1-16(2)14(17)12-4-3-5-13(8-12)15-9-11-6-7-18-10-11/h3-5,8,11,15H,6-7,9-10H2,1-2H3. The molecule has 18 heavy (non-hydrogen) atoms. The van der Waals surface area contributed by atoms with Crippen molar-refractivity contribution in [3.8, 4) is 0 Å². The zero-order chi connectivity index (χ0) is 13.0. The normalized spacial score (nSPS) is 18.7. The Hall–Kier alpha value is -1.55. The summed E-state index contributed by atoms with van der Waals surface area (Å²) in [6, 6.07) is 7.64. The number of hydrogen-bond donors (Lipinski definition) is 1. The van der Waals surface area contributed by atoms with Crippen molar-refractivity contribution in [2.24, 2.45) is 5.92 Å². The molecule has 0 aliphatic carbocycles. The number of nitrogens with zero attached hydrogens (tertiary/aromatic N) is 1. The van der Waals surface area contributed by atoms with Gasteiger partial charge in [-0.1, -0.05) is 6.07 Å². The number of anilines is 1. The van der Waals surface area contributed by atoms with Crippen molar-refractivity contribution >= 4 is 11.6 Å². The van der Waals surface area contributed by atoms with Crippen LogP contribution < -0.4 is 5.32 Å². The number of carbonyl (C=O) groups excluding carboxylic acids is 1. The lowest BCUT2D eigenvalue weighted by atomic mass is 10.1. The fraction of sp³-hybridized carbons (Fsp3) is 0.500. The first-order valence-electron chi connectivity index (χ1n) is 6.30. The minimum Gasteiger partial charge on any atom is -0.385 e. The van der Waals surface area contributed by atoms with Crippen LogP contribution in [-0.4, -0.2) is 44.7 Å². The maximum atomic E-state index is 11.8. The van der Waals surface area contributed by atoms with Gasteiger partial charge < -0.3 is 15.0 Å². The monoisotopic (exact) mass is 248 g/mol. The van der Waals surface area contributed by atoms with Crippen molar-refractivity contribution in [1.82, 2.24) is 4.90 Å². The molecule has 1 aliphatic rings. The van der Waals surface area contributed by atoms with Crippen molar-refractivity contribution in [2.75, 3.05) is 39.2 Å². The predicted molar refractivity (Wildman–Crippen MR) is 71.9 cm³/mol. The first-order valence-corrected chi connectivity index (χ1v) is 6.30. The largest absolute Gasteiger partial charge is 0.385 e. The van der Waals surface area contributed by atoms with Crippen LogP contribution in [0.5, 0.6) is 0 Å². The lowest BCUT2D eigenvalue weighted by molar-refractivity contribution is 0.0827. The smallest absolute Gasteiger partial charge is 0.253 e. The van der Waals surface area contributed by atoms with E-state index in [1.165, 1.54) is 0 Å². The molecule has 0 spiro atoms. The Kier molecular flexibility index (Phi) is 4.20. The summed E-state index contributed by atoms with van der Waals surface area (Å²) in [5.74, 6) is 0.612. The summed E-state index contributed by atoms with van der Waals surface area (Å²) in [7, 11) is 3.52. The summed E-state index contributed by atoms with van der Waals surface area (Å²) in [5, 5.41) is 3.37. The molecular weight excluding hydrogens is 228 g/mol. The lowest BCUT2D eigenvalue weighted by Gasteiger charge is -2.13. The number of benzene rings is 1.